The van der Waals surface area contributed by atoms with E-state index in [-0.39, 0.29) is 5.92 Å². The Balaban J connectivity index is 1.90. The lowest BCUT2D eigenvalue weighted by Crippen LogP contribution is -2.39. The van der Waals surface area contributed by atoms with Crippen LogP contribution < -0.4 is 10.6 Å². The summed E-state index contributed by atoms with van der Waals surface area (Å²) in [5.74, 6) is -1.13. The van der Waals surface area contributed by atoms with Gasteiger partial charge < -0.3 is 15.4 Å². The van der Waals surface area contributed by atoms with E-state index >= 15 is 0 Å². The molecule has 2 N–H and O–H groups in total. The van der Waals surface area contributed by atoms with Gasteiger partial charge in [-0.05, 0) is 31.9 Å². The number of nitrogens with zero attached hydrogens (tertiary/aromatic N) is 2. The number of ether oxygens (including phenoxy) is 1. The molecule has 0 bridgehead atoms. The minimum absolute atomic E-state index is 0.363. The number of rotatable bonds is 4. The van der Waals surface area contributed by atoms with E-state index < -0.39 is 29.7 Å². The fourth-order valence-corrected chi connectivity index (χ4v) is 2.41. The number of primary amides is 1. The van der Waals surface area contributed by atoms with Gasteiger partial charge in [-0.25, -0.2) is 4.98 Å². The molecule has 1 fully saturated rings. The summed E-state index contributed by atoms with van der Waals surface area (Å²) in [5.41, 5.74) is 4.24. The number of hydrogen-bond acceptors (Lipinski definition) is 5. The molecular formula is C15H18F3N3O3. The number of carbonyl (C=O) groups excluding carboxylic acids is 2. The second-order valence-electron chi connectivity index (χ2n) is 5.65. The van der Waals surface area contributed by atoms with Crippen molar-refractivity contribution in [1.29, 1.82) is 0 Å². The minimum atomic E-state index is -4.42. The highest BCUT2D eigenvalue weighted by molar-refractivity contribution is 5.82. The van der Waals surface area contributed by atoms with Gasteiger partial charge in [-0.1, -0.05) is 0 Å². The molecule has 0 radical (unpaired) electrons. The van der Waals surface area contributed by atoms with Crippen LogP contribution in [0.2, 0.25) is 0 Å². The van der Waals surface area contributed by atoms with Crippen LogP contribution in [0.15, 0.2) is 18.3 Å². The van der Waals surface area contributed by atoms with Gasteiger partial charge in [0.05, 0.1) is 11.5 Å². The Hall–Kier alpha value is -2.32. The van der Waals surface area contributed by atoms with Gasteiger partial charge in [0.2, 0.25) is 0 Å². The van der Waals surface area contributed by atoms with Gasteiger partial charge in [0.25, 0.3) is 5.91 Å². The zero-order valence-corrected chi connectivity index (χ0v) is 13.0. The van der Waals surface area contributed by atoms with Crippen molar-refractivity contribution in [3.8, 4) is 0 Å². The van der Waals surface area contributed by atoms with E-state index in [9.17, 15) is 22.8 Å². The third-order valence-electron chi connectivity index (χ3n) is 3.92. The number of amides is 1. The molecule has 0 aliphatic carbocycles. The third kappa shape index (κ3) is 4.36. The average Bonchev–Trinajstić information content (AvgIpc) is 2.54. The zero-order valence-electron chi connectivity index (χ0n) is 13.0. The minimum Gasteiger partial charge on any atom is -0.452 e. The molecular weight excluding hydrogens is 327 g/mol. The molecule has 1 aliphatic heterocycles. The highest BCUT2D eigenvalue weighted by Gasteiger charge is 2.32. The molecule has 1 atom stereocenters. The van der Waals surface area contributed by atoms with Crippen LogP contribution in [-0.2, 0) is 20.5 Å². The number of piperidine rings is 1. The molecule has 0 saturated carbocycles. The van der Waals surface area contributed by atoms with Gasteiger partial charge in [0.15, 0.2) is 6.10 Å². The first-order chi connectivity index (χ1) is 11.2. The molecule has 0 spiro atoms. The number of pyridine rings is 1. The lowest BCUT2D eigenvalue weighted by atomic mass is 9.97. The molecule has 132 valence electrons. The maximum absolute atomic E-state index is 12.5. The maximum atomic E-state index is 12.5. The van der Waals surface area contributed by atoms with E-state index in [2.05, 4.69) is 4.98 Å². The van der Waals surface area contributed by atoms with Crippen LogP contribution >= 0.6 is 0 Å². The summed E-state index contributed by atoms with van der Waals surface area (Å²) in [4.78, 5) is 28.5. The number of hydrogen-bond donors (Lipinski definition) is 1. The lowest BCUT2D eigenvalue weighted by molar-refractivity contribution is -0.158. The van der Waals surface area contributed by atoms with Crippen LogP contribution in [0.5, 0.6) is 0 Å². The largest absolute Gasteiger partial charge is 0.452 e. The van der Waals surface area contributed by atoms with Crippen molar-refractivity contribution in [2.75, 3.05) is 18.0 Å². The number of nitrogens with two attached hydrogens (primary N) is 1. The zero-order chi connectivity index (χ0) is 17.9. The molecule has 1 saturated heterocycles. The van der Waals surface area contributed by atoms with Crippen molar-refractivity contribution < 1.29 is 27.5 Å². The number of esters is 1. The second kappa shape index (κ2) is 7.06. The summed E-state index contributed by atoms with van der Waals surface area (Å²) in [6, 6.07) is 2.30. The average molecular weight is 345 g/mol. The quantitative estimate of drug-likeness (QED) is 0.840. The summed E-state index contributed by atoms with van der Waals surface area (Å²) >= 11 is 0. The van der Waals surface area contributed by atoms with Gasteiger partial charge in [-0.3, -0.25) is 9.59 Å². The molecule has 2 heterocycles. The van der Waals surface area contributed by atoms with E-state index in [1.165, 1.54) is 13.0 Å². The van der Waals surface area contributed by atoms with Crippen molar-refractivity contribution in [3.63, 3.8) is 0 Å². The van der Waals surface area contributed by atoms with Gasteiger partial charge in [0.1, 0.15) is 5.82 Å². The predicted molar refractivity (Wildman–Crippen MR) is 78.9 cm³/mol. The Labute approximate surface area is 136 Å². The van der Waals surface area contributed by atoms with Crippen LogP contribution in [0.1, 0.15) is 25.3 Å². The Morgan fingerprint density at radius 2 is 1.96 bits per heavy atom. The number of carbonyl (C=O) groups is 2. The first-order valence-electron chi connectivity index (χ1n) is 7.46. The predicted octanol–water partition coefficient (Wildman–Crippen LogP) is 1.73. The maximum Gasteiger partial charge on any atom is 0.417 e. The number of alkyl halides is 3. The number of anilines is 1. The molecule has 9 heteroatoms. The Kier molecular flexibility index (Phi) is 5.30. The first kappa shape index (κ1) is 18.0. The Bertz CT molecular complexity index is 596. The van der Waals surface area contributed by atoms with Crippen molar-refractivity contribution in [3.05, 3.63) is 23.9 Å². The topological polar surface area (TPSA) is 85.5 Å². The molecule has 0 aromatic carbocycles. The summed E-state index contributed by atoms with van der Waals surface area (Å²) in [6.07, 6.45) is -3.67. The summed E-state index contributed by atoms with van der Waals surface area (Å²) in [5, 5.41) is 0. The van der Waals surface area contributed by atoms with Crippen LogP contribution in [0.3, 0.4) is 0 Å². The first-order valence-corrected chi connectivity index (χ1v) is 7.46. The van der Waals surface area contributed by atoms with Gasteiger partial charge in [-0.2, -0.15) is 13.2 Å². The standard InChI is InChI=1S/C15H18F3N3O3/c1-9(13(19)22)24-14(23)10-4-6-21(7-5-10)12-3-2-11(8-20-12)15(16,17)18/h2-3,8-10H,4-7H2,1H3,(H2,19,22). The summed E-state index contributed by atoms with van der Waals surface area (Å²) in [7, 11) is 0. The van der Waals surface area contributed by atoms with Crippen molar-refractivity contribution in [2.45, 2.75) is 32.0 Å². The highest BCUT2D eigenvalue weighted by atomic mass is 19.4. The smallest absolute Gasteiger partial charge is 0.417 e. The number of halogens is 3. The summed E-state index contributed by atoms with van der Waals surface area (Å²) < 4.78 is 42.5. The lowest BCUT2D eigenvalue weighted by Gasteiger charge is -2.32. The number of aromatic nitrogens is 1. The van der Waals surface area contributed by atoms with Gasteiger partial charge in [0, 0.05) is 19.3 Å². The molecule has 1 amide bonds. The van der Waals surface area contributed by atoms with Crippen molar-refractivity contribution >= 4 is 17.7 Å². The van der Waals surface area contributed by atoms with Gasteiger partial charge in [-0.15, -0.1) is 0 Å². The van der Waals surface area contributed by atoms with Gasteiger partial charge >= 0.3 is 12.1 Å². The van der Waals surface area contributed by atoms with Crippen molar-refractivity contribution in [1.82, 2.24) is 4.98 Å². The Morgan fingerprint density at radius 3 is 2.42 bits per heavy atom. The van der Waals surface area contributed by atoms with Crippen LogP contribution in [0.25, 0.3) is 0 Å². The molecule has 24 heavy (non-hydrogen) atoms. The monoisotopic (exact) mass is 345 g/mol. The highest BCUT2D eigenvalue weighted by Crippen LogP contribution is 2.30. The second-order valence-corrected chi connectivity index (χ2v) is 5.65. The molecule has 1 unspecified atom stereocenters. The molecule has 1 aromatic heterocycles. The van der Waals surface area contributed by atoms with Crippen LogP contribution in [-0.4, -0.2) is 36.1 Å². The van der Waals surface area contributed by atoms with E-state index in [1.54, 1.807) is 4.90 Å². The molecule has 1 aliphatic rings. The normalized spacial score (nSPS) is 17.4. The van der Waals surface area contributed by atoms with Crippen molar-refractivity contribution in [2.24, 2.45) is 11.7 Å². The van der Waals surface area contributed by atoms with Crippen LogP contribution in [0, 0.1) is 5.92 Å². The summed E-state index contributed by atoms with van der Waals surface area (Å²) in [6.45, 7) is 2.33. The molecule has 2 rings (SSSR count). The van der Waals surface area contributed by atoms with E-state index in [4.69, 9.17) is 10.5 Å². The van der Waals surface area contributed by atoms with Crippen LogP contribution in [0.4, 0.5) is 19.0 Å². The fraction of sp³-hybridized carbons (Fsp3) is 0.533. The third-order valence-corrected chi connectivity index (χ3v) is 3.92. The van der Waals surface area contributed by atoms with E-state index in [1.807, 2.05) is 0 Å². The molecule has 1 aromatic rings. The van der Waals surface area contributed by atoms with E-state index in [0.29, 0.717) is 31.7 Å². The van der Waals surface area contributed by atoms with E-state index in [0.717, 1.165) is 12.3 Å². The molecule has 6 nitrogen and oxygen atoms in total. The Morgan fingerprint density at radius 1 is 1.33 bits per heavy atom. The SMILES string of the molecule is CC(OC(=O)C1CCN(c2ccc(C(F)(F)F)cn2)CC1)C(N)=O. The fourth-order valence-electron chi connectivity index (χ4n) is 2.41.